The highest BCUT2D eigenvalue weighted by molar-refractivity contribution is 7.89. The van der Waals surface area contributed by atoms with E-state index in [1.54, 1.807) is 36.4 Å². The minimum atomic E-state index is -3.86. The van der Waals surface area contributed by atoms with Crippen molar-refractivity contribution in [3.8, 4) is 5.75 Å². The van der Waals surface area contributed by atoms with E-state index < -0.39 is 34.0 Å². The number of benzene rings is 2. The molecule has 1 aliphatic rings. The van der Waals surface area contributed by atoms with Crippen LogP contribution < -0.4 is 10.1 Å². The van der Waals surface area contributed by atoms with E-state index in [0.29, 0.717) is 24.2 Å². The van der Waals surface area contributed by atoms with Crippen molar-refractivity contribution in [2.24, 2.45) is 0 Å². The molecule has 1 amide bonds. The Labute approximate surface area is 181 Å². The largest absolute Gasteiger partial charge is 0.497 e. The number of sulfonamides is 1. The summed E-state index contributed by atoms with van der Waals surface area (Å²) in [5.41, 5.74) is 1.64. The van der Waals surface area contributed by atoms with Crippen LogP contribution in [0.25, 0.3) is 0 Å². The molecule has 1 fully saturated rings. The number of amides is 1. The summed E-state index contributed by atoms with van der Waals surface area (Å²) in [7, 11) is -2.33. The number of aryl methyl sites for hydroxylation is 1. The van der Waals surface area contributed by atoms with E-state index in [1.165, 1.54) is 23.5 Å². The van der Waals surface area contributed by atoms with Gasteiger partial charge in [-0.2, -0.15) is 4.31 Å². The van der Waals surface area contributed by atoms with Gasteiger partial charge in [0.15, 0.2) is 0 Å². The molecule has 31 heavy (non-hydrogen) atoms. The van der Waals surface area contributed by atoms with E-state index in [0.717, 1.165) is 5.56 Å². The molecule has 2 aromatic rings. The fraction of sp³-hybridized carbons (Fsp3) is 0.364. The van der Waals surface area contributed by atoms with Crippen molar-refractivity contribution in [2.75, 3.05) is 13.7 Å². The van der Waals surface area contributed by atoms with Crippen LogP contribution in [0, 0.1) is 6.92 Å². The second-order valence-corrected chi connectivity index (χ2v) is 9.43. The molecule has 166 valence electrons. The number of carbonyl (C=O) groups is 2. The first-order valence-electron chi connectivity index (χ1n) is 9.97. The number of hydrogen-bond donors (Lipinski definition) is 2. The first-order chi connectivity index (χ1) is 14.7. The Hall–Kier alpha value is -2.91. The third-order valence-corrected chi connectivity index (χ3v) is 7.27. The van der Waals surface area contributed by atoms with Gasteiger partial charge in [-0.25, -0.2) is 13.2 Å². The molecule has 0 unspecified atom stereocenters. The lowest BCUT2D eigenvalue weighted by Crippen LogP contribution is -2.51. The molecule has 1 heterocycles. The SMILES string of the molecule is COc1ccc(C[C@H](NC(=O)[C@@H]2CCCN2S(=O)(=O)c2ccc(C)cc2)C(=O)O)cc1. The molecule has 9 heteroatoms. The first-order valence-corrected chi connectivity index (χ1v) is 11.4. The van der Waals surface area contributed by atoms with Gasteiger partial charge in [-0.15, -0.1) is 0 Å². The minimum Gasteiger partial charge on any atom is -0.497 e. The maximum atomic E-state index is 13.0. The zero-order chi connectivity index (χ0) is 22.6. The standard InChI is InChI=1S/C22H26N2O6S/c1-15-5-11-18(12-6-15)31(28,29)24-13-3-4-20(24)21(25)23-19(22(26)27)14-16-7-9-17(30-2)10-8-16/h5-12,19-20H,3-4,13-14H2,1-2H3,(H,23,25)(H,26,27)/t19-,20-/m0/s1. The summed E-state index contributed by atoms with van der Waals surface area (Å²) in [5, 5.41) is 12.1. The fourth-order valence-corrected chi connectivity index (χ4v) is 5.26. The average Bonchev–Trinajstić information content (AvgIpc) is 3.25. The van der Waals surface area contributed by atoms with Crippen molar-refractivity contribution in [3.05, 3.63) is 59.7 Å². The third-order valence-electron chi connectivity index (χ3n) is 5.35. The van der Waals surface area contributed by atoms with Crippen molar-refractivity contribution < 1.29 is 27.9 Å². The van der Waals surface area contributed by atoms with Gasteiger partial charge in [-0.1, -0.05) is 29.8 Å². The summed E-state index contributed by atoms with van der Waals surface area (Å²) in [6.45, 7) is 2.07. The maximum absolute atomic E-state index is 13.0. The summed E-state index contributed by atoms with van der Waals surface area (Å²) in [6.07, 6.45) is 0.938. The van der Waals surface area contributed by atoms with Gasteiger partial charge < -0.3 is 15.2 Å². The van der Waals surface area contributed by atoms with Crippen molar-refractivity contribution in [1.82, 2.24) is 9.62 Å². The van der Waals surface area contributed by atoms with Crippen LogP contribution in [0.5, 0.6) is 5.75 Å². The smallest absolute Gasteiger partial charge is 0.326 e. The molecule has 0 bridgehead atoms. The Morgan fingerprint density at radius 3 is 2.39 bits per heavy atom. The normalized spacial score (nSPS) is 17.8. The second kappa shape index (κ2) is 9.49. The van der Waals surface area contributed by atoms with E-state index in [-0.39, 0.29) is 17.9 Å². The van der Waals surface area contributed by atoms with E-state index in [9.17, 15) is 23.1 Å². The summed E-state index contributed by atoms with van der Waals surface area (Å²) in [6, 6.07) is 11.2. The first kappa shape index (κ1) is 22.8. The number of carboxylic acid groups (broad SMARTS) is 1. The molecular weight excluding hydrogens is 420 g/mol. The molecule has 8 nitrogen and oxygen atoms in total. The Kier molecular flexibility index (Phi) is 6.97. The van der Waals surface area contributed by atoms with Gasteiger partial charge in [-0.3, -0.25) is 4.79 Å². The molecule has 1 saturated heterocycles. The Morgan fingerprint density at radius 2 is 1.81 bits per heavy atom. The number of nitrogens with one attached hydrogen (secondary N) is 1. The third kappa shape index (κ3) is 5.23. The molecule has 2 N–H and O–H groups in total. The summed E-state index contributed by atoms with van der Waals surface area (Å²) < 4.78 is 32.4. The Balaban J connectivity index is 1.74. The van der Waals surface area contributed by atoms with Gasteiger partial charge >= 0.3 is 5.97 Å². The van der Waals surface area contributed by atoms with Crippen LogP contribution in [0.3, 0.4) is 0 Å². The van der Waals surface area contributed by atoms with E-state index in [1.807, 2.05) is 6.92 Å². The predicted molar refractivity (Wildman–Crippen MR) is 114 cm³/mol. The molecule has 0 aromatic heterocycles. The van der Waals surface area contributed by atoms with Crippen molar-refractivity contribution in [2.45, 2.75) is 43.2 Å². The Bertz CT molecular complexity index is 1030. The van der Waals surface area contributed by atoms with Gasteiger partial charge in [0.1, 0.15) is 17.8 Å². The molecule has 0 radical (unpaired) electrons. The van der Waals surface area contributed by atoms with Crippen LogP contribution >= 0.6 is 0 Å². The molecule has 2 aromatic carbocycles. The summed E-state index contributed by atoms with van der Waals surface area (Å²) >= 11 is 0. The van der Waals surface area contributed by atoms with Crippen LogP contribution in [-0.2, 0) is 26.0 Å². The number of hydrogen-bond acceptors (Lipinski definition) is 5. The lowest BCUT2D eigenvalue weighted by Gasteiger charge is -2.25. The molecule has 2 atom stereocenters. The highest BCUT2D eigenvalue weighted by Crippen LogP contribution is 2.26. The zero-order valence-corrected chi connectivity index (χ0v) is 18.3. The van der Waals surface area contributed by atoms with Gasteiger partial charge in [0.25, 0.3) is 0 Å². The molecule has 0 spiro atoms. The van der Waals surface area contributed by atoms with E-state index in [4.69, 9.17) is 4.74 Å². The molecule has 0 aliphatic carbocycles. The van der Waals surface area contributed by atoms with E-state index in [2.05, 4.69) is 5.32 Å². The molecule has 1 aliphatic heterocycles. The van der Waals surface area contributed by atoms with Gasteiger partial charge in [0.2, 0.25) is 15.9 Å². The lowest BCUT2D eigenvalue weighted by molar-refractivity contribution is -0.142. The van der Waals surface area contributed by atoms with Gasteiger partial charge in [0.05, 0.1) is 12.0 Å². The van der Waals surface area contributed by atoms with Crippen LogP contribution in [0.4, 0.5) is 0 Å². The van der Waals surface area contributed by atoms with Crippen molar-refractivity contribution in [3.63, 3.8) is 0 Å². The maximum Gasteiger partial charge on any atom is 0.326 e. The van der Waals surface area contributed by atoms with Gasteiger partial charge in [-0.05, 0) is 49.6 Å². The number of rotatable bonds is 8. The highest BCUT2D eigenvalue weighted by atomic mass is 32.2. The number of methoxy groups -OCH3 is 1. The number of ether oxygens (including phenoxy) is 1. The quantitative estimate of drug-likeness (QED) is 0.641. The van der Waals surface area contributed by atoms with Crippen LogP contribution in [0.15, 0.2) is 53.4 Å². The predicted octanol–water partition coefficient (Wildman–Crippen LogP) is 1.97. The van der Waals surface area contributed by atoms with Crippen molar-refractivity contribution in [1.29, 1.82) is 0 Å². The van der Waals surface area contributed by atoms with Gasteiger partial charge in [0, 0.05) is 13.0 Å². The number of carbonyl (C=O) groups excluding carboxylic acids is 1. The average molecular weight is 447 g/mol. The summed E-state index contributed by atoms with van der Waals surface area (Å²) in [5.74, 6) is -1.15. The highest BCUT2D eigenvalue weighted by Gasteiger charge is 2.40. The monoisotopic (exact) mass is 446 g/mol. The number of nitrogens with zero attached hydrogens (tertiary/aromatic N) is 1. The molecular formula is C22H26N2O6S. The molecule has 3 rings (SSSR count). The Morgan fingerprint density at radius 1 is 1.16 bits per heavy atom. The summed E-state index contributed by atoms with van der Waals surface area (Å²) in [4.78, 5) is 24.7. The topological polar surface area (TPSA) is 113 Å². The van der Waals surface area contributed by atoms with Crippen LogP contribution in [0.2, 0.25) is 0 Å². The second-order valence-electron chi connectivity index (χ2n) is 7.54. The van der Waals surface area contributed by atoms with Crippen LogP contribution in [0.1, 0.15) is 24.0 Å². The van der Waals surface area contributed by atoms with Crippen LogP contribution in [-0.4, -0.2) is 55.4 Å². The zero-order valence-electron chi connectivity index (χ0n) is 17.4. The lowest BCUT2D eigenvalue weighted by atomic mass is 10.1. The minimum absolute atomic E-state index is 0.0719. The van der Waals surface area contributed by atoms with E-state index >= 15 is 0 Å². The molecule has 0 saturated carbocycles. The van der Waals surface area contributed by atoms with Crippen molar-refractivity contribution >= 4 is 21.9 Å². The fourth-order valence-electron chi connectivity index (χ4n) is 3.60. The number of carboxylic acids is 1. The number of aliphatic carboxylic acids is 1.